The molecule has 0 aliphatic rings. The fourth-order valence-electron chi connectivity index (χ4n) is 1.36. The van der Waals surface area contributed by atoms with E-state index in [2.05, 4.69) is 20.1 Å². The molecule has 2 rings (SSSR count). The molecule has 0 radical (unpaired) electrons. The lowest BCUT2D eigenvalue weighted by Gasteiger charge is -2.08. The van der Waals surface area contributed by atoms with Crippen LogP contribution in [0.4, 0.5) is 8.78 Å². The summed E-state index contributed by atoms with van der Waals surface area (Å²) in [5.74, 6) is -1.82. The van der Waals surface area contributed by atoms with E-state index in [0.29, 0.717) is 4.47 Å². The Morgan fingerprint density at radius 2 is 1.79 bits per heavy atom. The van der Waals surface area contributed by atoms with Gasteiger partial charge in [0.25, 0.3) is 0 Å². The lowest BCUT2D eigenvalue weighted by molar-refractivity contribution is 0.474. The van der Waals surface area contributed by atoms with Crippen LogP contribution in [0.15, 0.2) is 51.8 Å². The molecule has 0 bridgehead atoms. The van der Waals surface area contributed by atoms with E-state index in [-0.39, 0.29) is 5.75 Å². The van der Waals surface area contributed by atoms with Gasteiger partial charge in [0.15, 0.2) is 0 Å². The first-order valence-corrected chi connectivity index (χ1v) is 7.24. The van der Waals surface area contributed by atoms with Crippen molar-refractivity contribution in [3.05, 3.63) is 58.6 Å². The molecule has 0 fully saturated rings. The molecule has 0 aliphatic heterocycles. The SMILES string of the molecule is O=S(=O)(Oc1cccc(F)c1)c1cc(Br)ccc1F. The average Bonchev–Trinajstić information content (AvgIpc) is 2.31. The van der Waals surface area contributed by atoms with Gasteiger partial charge in [-0.1, -0.05) is 22.0 Å². The van der Waals surface area contributed by atoms with Gasteiger partial charge in [0.1, 0.15) is 22.3 Å². The zero-order valence-electron chi connectivity index (χ0n) is 9.31. The highest BCUT2D eigenvalue weighted by Crippen LogP contribution is 2.24. The molecule has 0 amide bonds. The van der Waals surface area contributed by atoms with Crippen LogP contribution in [0.3, 0.4) is 0 Å². The molecule has 0 atom stereocenters. The molecule has 2 aromatic carbocycles. The van der Waals surface area contributed by atoms with Gasteiger partial charge in [0.05, 0.1) is 0 Å². The highest BCUT2D eigenvalue weighted by atomic mass is 79.9. The smallest absolute Gasteiger partial charge is 0.342 e. The second kappa shape index (κ2) is 5.26. The first-order chi connectivity index (χ1) is 8.88. The van der Waals surface area contributed by atoms with Gasteiger partial charge in [-0.05, 0) is 30.3 Å². The van der Waals surface area contributed by atoms with Gasteiger partial charge in [-0.25, -0.2) is 8.78 Å². The number of hydrogen-bond donors (Lipinski definition) is 0. The molecule has 0 N–H and O–H groups in total. The Balaban J connectivity index is 2.40. The van der Waals surface area contributed by atoms with Crippen LogP contribution in [0.1, 0.15) is 0 Å². The lowest BCUT2D eigenvalue weighted by atomic mass is 10.3. The van der Waals surface area contributed by atoms with Gasteiger partial charge in [0, 0.05) is 10.5 Å². The van der Waals surface area contributed by atoms with E-state index in [0.717, 1.165) is 24.3 Å². The van der Waals surface area contributed by atoms with E-state index in [4.69, 9.17) is 0 Å². The summed E-state index contributed by atoms with van der Waals surface area (Å²) in [6.45, 7) is 0. The molecule has 0 heterocycles. The molecule has 19 heavy (non-hydrogen) atoms. The quantitative estimate of drug-likeness (QED) is 0.797. The maximum Gasteiger partial charge on any atom is 0.342 e. The van der Waals surface area contributed by atoms with Crippen molar-refractivity contribution in [3.8, 4) is 5.75 Å². The van der Waals surface area contributed by atoms with Crippen molar-refractivity contribution in [3.63, 3.8) is 0 Å². The lowest BCUT2D eigenvalue weighted by Crippen LogP contribution is -2.11. The molecule has 0 saturated heterocycles. The van der Waals surface area contributed by atoms with Crippen molar-refractivity contribution in [2.75, 3.05) is 0 Å². The van der Waals surface area contributed by atoms with Crippen LogP contribution in [0.25, 0.3) is 0 Å². The molecule has 7 heteroatoms. The van der Waals surface area contributed by atoms with Crippen LogP contribution in [0.5, 0.6) is 5.75 Å². The zero-order chi connectivity index (χ0) is 14.0. The maximum atomic E-state index is 13.5. The molecule has 0 unspecified atom stereocenters. The molecule has 0 aliphatic carbocycles. The molecule has 100 valence electrons. The Morgan fingerprint density at radius 1 is 1.05 bits per heavy atom. The molecule has 3 nitrogen and oxygen atoms in total. The minimum absolute atomic E-state index is 0.223. The minimum atomic E-state index is -4.35. The van der Waals surface area contributed by atoms with Crippen molar-refractivity contribution in [1.82, 2.24) is 0 Å². The summed E-state index contributed by atoms with van der Waals surface area (Å²) in [4.78, 5) is -0.619. The van der Waals surface area contributed by atoms with Crippen molar-refractivity contribution < 1.29 is 21.4 Å². The third-order valence-corrected chi connectivity index (χ3v) is 3.92. The average molecular weight is 349 g/mol. The Hall–Kier alpha value is -1.47. The van der Waals surface area contributed by atoms with E-state index in [9.17, 15) is 17.2 Å². The summed E-state index contributed by atoms with van der Waals surface area (Å²) < 4.78 is 55.2. The summed E-state index contributed by atoms with van der Waals surface area (Å²) in [5, 5.41) is 0. The summed E-state index contributed by atoms with van der Waals surface area (Å²) in [6, 6.07) is 8.01. The first-order valence-electron chi connectivity index (χ1n) is 5.03. The highest BCUT2D eigenvalue weighted by Gasteiger charge is 2.22. The Morgan fingerprint density at radius 3 is 2.47 bits per heavy atom. The van der Waals surface area contributed by atoms with Crippen molar-refractivity contribution in [2.24, 2.45) is 0 Å². The van der Waals surface area contributed by atoms with Crippen molar-refractivity contribution in [1.29, 1.82) is 0 Å². The second-order valence-corrected chi connectivity index (χ2v) is 6.00. The summed E-state index contributed by atoms with van der Waals surface area (Å²) in [5.41, 5.74) is 0. The normalized spacial score (nSPS) is 11.3. The Labute approximate surface area is 117 Å². The fourth-order valence-corrected chi connectivity index (χ4v) is 2.90. The summed E-state index contributed by atoms with van der Waals surface area (Å²) >= 11 is 3.04. The largest absolute Gasteiger partial charge is 0.379 e. The molecule has 0 saturated carbocycles. The van der Waals surface area contributed by atoms with Crippen LogP contribution in [0.2, 0.25) is 0 Å². The van der Waals surface area contributed by atoms with E-state index in [1.165, 1.54) is 18.2 Å². The predicted octanol–water partition coefficient (Wildman–Crippen LogP) is 3.50. The van der Waals surface area contributed by atoms with Gasteiger partial charge >= 0.3 is 10.1 Å². The highest BCUT2D eigenvalue weighted by molar-refractivity contribution is 9.10. The summed E-state index contributed by atoms with van der Waals surface area (Å²) in [7, 11) is -4.35. The zero-order valence-corrected chi connectivity index (χ0v) is 11.7. The van der Waals surface area contributed by atoms with Gasteiger partial charge < -0.3 is 4.18 Å². The molecular weight excluding hydrogens is 342 g/mol. The number of hydrogen-bond acceptors (Lipinski definition) is 3. The van der Waals surface area contributed by atoms with E-state index in [1.54, 1.807) is 0 Å². The second-order valence-electron chi connectivity index (χ2n) is 3.57. The fraction of sp³-hybridized carbons (Fsp3) is 0. The standard InChI is InChI=1S/C12H7BrF2O3S/c13-8-4-5-11(15)12(6-8)19(16,17)18-10-3-1-2-9(14)7-10/h1-7H. The molecular formula is C12H7BrF2O3S. The maximum absolute atomic E-state index is 13.5. The number of rotatable bonds is 3. The van der Waals surface area contributed by atoms with E-state index in [1.807, 2.05) is 0 Å². The van der Waals surface area contributed by atoms with Crippen LogP contribution in [-0.4, -0.2) is 8.42 Å². The summed E-state index contributed by atoms with van der Waals surface area (Å²) in [6.07, 6.45) is 0. The first kappa shape index (κ1) is 14.0. The number of halogens is 3. The van der Waals surface area contributed by atoms with Crippen LogP contribution in [0, 0.1) is 11.6 Å². The number of benzene rings is 2. The third kappa shape index (κ3) is 3.30. The topological polar surface area (TPSA) is 43.4 Å². The van der Waals surface area contributed by atoms with Gasteiger partial charge in [-0.2, -0.15) is 8.42 Å². The Kier molecular flexibility index (Phi) is 3.86. The van der Waals surface area contributed by atoms with Crippen molar-refractivity contribution in [2.45, 2.75) is 4.90 Å². The third-order valence-electron chi connectivity index (χ3n) is 2.16. The van der Waals surface area contributed by atoms with Gasteiger partial charge in [-0.15, -0.1) is 0 Å². The predicted molar refractivity (Wildman–Crippen MR) is 68.3 cm³/mol. The van der Waals surface area contributed by atoms with Gasteiger partial charge in [0.2, 0.25) is 0 Å². The minimum Gasteiger partial charge on any atom is -0.379 e. The van der Waals surface area contributed by atoms with Crippen molar-refractivity contribution >= 4 is 26.0 Å². The van der Waals surface area contributed by atoms with Crippen LogP contribution < -0.4 is 4.18 Å². The Bertz CT molecular complexity index is 717. The molecule has 0 aromatic heterocycles. The van der Waals surface area contributed by atoms with Gasteiger partial charge in [-0.3, -0.25) is 0 Å². The molecule has 0 spiro atoms. The monoisotopic (exact) mass is 348 g/mol. The van der Waals surface area contributed by atoms with E-state index < -0.39 is 26.6 Å². The van der Waals surface area contributed by atoms with E-state index >= 15 is 0 Å². The molecule has 2 aromatic rings. The van der Waals surface area contributed by atoms with Crippen LogP contribution in [-0.2, 0) is 10.1 Å². The van der Waals surface area contributed by atoms with Crippen LogP contribution >= 0.6 is 15.9 Å².